The number of ether oxygens (including phenoxy) is 1. The van der Waals surface area contributed by atoms with E-state index in [1.807, 2.05) is 0 Å². The van der Waals surface area contributed by atoms with Gasteiger partial charge in [-0.3, -0.25) is 0 Å². The fourth-order valence-corrected chi connectivity index (χ4v) is 5.33. The first kappa shape index (κ1) is 21.0. The van der Waals surface area contributed by atoms with E-state index >= 15 is 0 Å². The maximum Gasteiger partial charge on any atom is 0.200 e. The Morgan fingerprint density at radius 3 is 2.29 bits per heavy atom. The Morgan fingerprint density at radius 2 is 1.64 bits per heavy atom. The van der Waals surface area contributed by atoms with Gasteiger partial charge in [-0.05, 0) is 67.3 Å². The Bertz CT molecular complexity index is 752. The maximum atomic E-state index is 14.2. The molecular weight excluding hydrogens is 370 g/mol. The molecule has 1 saturated carbocycles. The molecule has 0 heterocycles. The topological polar surface area (TPSA) is 9.23 Å². The van der Waals surface area contributed by atoms with Crippen LogP contribution in [0.5, 0.6) is 5.75 Å². The molecule has 1 aliphatic rings. The van der Waals surface area contributed by atoms with E-state index < -0.39 is 11.6 Å². The summed E-state index contributed by atoms with van der Waals surface area (Å²) in [5, 5.41) is 0.430. The molecule has 0 atom stereocenters. The highest BCUT2D eigenvalue weighted by Crippen LogP contribution is 2.37. The fraction of sp³-hybridized carbons (Fsp3) is 0.500. The first-order chi connectivity index (χ1) is 13.6. The van der Waals surface area contributed by atoms with Gasteiger partial charge in [0.15, 0.2) is 17.4 Å². The lowest BCUT2D eigenvalue weighted by atomic mass is 9.77. The zero-order valence-corrected chi connectivity index (χ0v) is 17.9. The molecule has 2 aromatic rings. The van der Waals surface area contributed by atoms with E-state index in [1.54, 1.807) is 13.0 Å². The lowest BCUT2D eigenvalue weighted by Crippen LogP contribution is -2.22. The van der Waals surface area contributed by atoms with Crippen LogP contribution < -0.4 is 9.92 Å². The summed E-state index contributed by atoms with van der Waals surface area (Å²) in [6.45, 7) is 4.36. The zero-order valence-electron chi connectivity index (χ0n) is 16.9. The van der Waals surface area contributed by atoms with Crippen LogP contribution in [0.4, 0.5) is 8.78 Å². The molecule has 3 rings (SSSR count). The van der Waals surface area contributed by atoms with Crippen molar-refractivity contribution in [2.24, 2.45) is 5.92 Å². The molecule has 1 nitrogen and oxygen atoms in total. The van der Waals surface area contributed by atoms with Gasteiger partial charge in [-0.2, -0.15) is 4.39 Å². The Balaban J connectivity index is 1.56. The molecule has 0 bridgehead atoms. The third-order valence-corrected chi connectivity index (χ3v) is 7.18. The van der Waals surface area contributed by atoms with E-state index in [4.69, 9.17) is 4.74 Å². The monoisotopic (exact) mass is 400 g/mol. The van der Waals surface area contributed by atoms with Gasteiger partial charge in [0.2, 0.25) is 0 Å². The number of hydrogen-bond acceptors (Lipinski definition) is 1. The molecular formula is C24H30F2OSi. The average Bonchev–Trinajstić information content (AvgIpc) is 2.72. The minimum Gasteiger partial charge on any atom is -0.491 e. The summed E-state index contributed by atoms with van der Waals surface area (Å²) in [6.07, 6.45) is 7.96. The molecule has 0 N–H and O–H groups in total. The molecule has 0 amide bonds. The van der Waals surface area contributed by atoms with Crippen LogP contribution in [0, 0.1) is 17.6 Å². The van der Waals surface area contributed by atoms with Crippen molar-refractivity contribution in [1.29, 1.82) is 0 Å². The van der Waals surface area contributed by atoms with Gasteiger partial charge in [0.05, 0.1) is 16.1 Å². The molecule has 150 valence electrons. The molecule has 0 spiro atoms. The summed E-state index contributed by atoms with van der Waals surface area (Å²) >= 11 is 0. The molecule has 4 heteroatoms. The lowest BCUT2D eigenvalue weighted by molar-refractivity contribution is 0.308. The number of benzene rings is 2. The molecule has 28 heavy (non-hydrogen) atoms. The van der Waals surface area contributed by atoms with Crippen molar-refractivity contribution < 1.29 is 13.5 Å². The van der Waals surface area contributed by atoms with Crippen molar-refractivity contribution in [2.75, 3.05) is 6.61 Å². The largest absolute Gasteiger partial charge is 0.491 e. The number of halogens is 2. The number of hydrogen-bond donors (Lipinski definition) is 0. The van der Waals surface area contributed by atoms with Gasteiger partial charge in [-0.1, -0.05) is 55.7 Å². The van der Waals surface area contributed by atoms with Gasteiger partial charge in [0.25, 0.3) is 0 Å². The highest BCUT2D eigenvalue weighted by Gasteiger charge is 2.21. The predicted octanol–water partition coefficient (Wildman–Crippen LogP) is 5.97. The SMILES string of the molecule is CCCC1CCC(c2ccc(C[Si]c3ccc(OCC)c(F)c3F)cc2)CC1. The highest BCUT2D eigenvalue weighted by atomic mass is 28.2. The Hall–Kier alpha value is -1.68. The Kier molecular flexibility index (Phi) is 7.66. The van der Waals surface area contributed by atoms with Crippen LogP contribution in [0.3, 0.4) is 0 Å². The van der Waals surface area contributed by atoms with Crippen LogP contribution in [0.15, 0.2) is 36.4 Å². The zero-order chi connectivity index (χ0) is 19.9. The molecule has 0 saturated heterocycles. The molecule has 2 radical (unpaired) electrons. The van der Waals surface area contributed by atoms with Crippen LogP contribution in [0.25, 0.3) is 0 Å². The van der Waals surface area contributed by atoms with Crippen molar-refractivity contribution in [3.05, 3.63) is 59.2 Å². The quantitative estimate of drug-likeness (QED) is 0.496. The van der Waals surface area contributed by atoms with Crippen molar-refractivity contribution >= 4 is 14.7 Å². The molecule has 0 unspecified atom stereocenters. The first-order valence-electron chi connectivity index (χ1n) is 10.6. The van der Waals surface area contributed by atoms with Gasteiger partial charge in [0, 0.05) is 0 Å². The van der Waals surface area contributed by atoms with Gasteiger partial charge in [0.1, 0.15) is 0 Å². The second-order valence-corrected chi connectivity index (χ2v) is 9.02. The van der Waals surface area contributed by atoms with Crippen LogP contribution in [-0.2, 0) is 6.04 Å². The van der Waals surface area contributed by atoms with Crippen molar-refractivity contribution in [3.63, 3.8) is 0 Å². The van der Waals surface area contributed by atoms with E-state index in [9.17, 15) is 8.78 Å². The van der Waals surface area contributed by atoms with Gasteiger partial charge >= 0.3 is 0 Å². The van der Waals surface area contributed by atoms with E-state index in [1.165, 1.54) is 55.7 Å². The van der Waals surface area contributed by atoms with Crippen LogP contribution in [0.1, 0.15) is 69.4 Å². The predicted molar refractivity (Wildman–Crippen MR) is 113 cm³/mol. The van der Waals surface area contributed by atoms with Gasteiger partial charge < -0.3 is 4.74 Å². The van der Waals surface area contributed by atoms with E-state index in [0.717, 1.165) is 12.0 Å². The van der Waals surface area contributed by atoms with Crippen LogP contribution in [-0.4, -0.2) is 16.1 Å². The van der Waals surface area contributed by atoms with E-state index in [-0.39, 0.29) is 15.3 Å². The minimum absolute atomic E-state index is 0.00781. The third-order valence-electron chi connectivity index (χ3n) is 5.82. The summed E-state index contributed by atoms with van der Waals surface area (Å²) in [5.74, 6) is -0.0504. The summed E-state index contributed by atoms with van der Waals surface area (Å²) in [7, 11) is 0.204. The molecule has 1 aliphatic carbocycles. The summed E-state index contributed by atoms with van der Waals surface area (Å²) in [5.41, 5.74) is 2.61. The molecule has 0 aromatic heterocycles. The molecule has 1 fully saturated rings. The summed E-state index contributed by atoms with van der Waals surface area (Å²) in [4.78, 5) is 0. The highest BCUT2D eigenvalue weighted by molar-refractivity contribution is 6.53. The minimum atomic E-state index is -0.874. The fourth-order valence-electron chi connectivity index (χ4n) is 4.23. The average molecular weight is 401 g/mol. The second-order valence-electron chi connectivity index (χ2n) is 7.77. The van der Waals surface area contributed by atoms with E-state index in [0.29, 0.717) is 17.7 Å². The summed E-state index contributed by atoms with van der Waals surface area (Å²) in [6, 6.07) is 12.7. The van der Waals surface area contributed by atoms with Crippen molar-refractivity contribution in [3.8, 4) is 5.75 Å². The van der Waals surface area contributed by atoms with Crippen molar-refractivity contribution in [1.82, 2.24) is 0 Å². The normalized spacial score (nSPS) is 19.6. The summed E-state index contributed by atoms with van der Waals surface area (Å²) < 4.78 is 33.4. The van der Waals surface area contributed by atoms with Gasteiger partial charge in [-0.15, -0.1) is 0 Å². The third kappa shape index (κ3) is 5.22. The van der Waals surface area contributed by atoms with E-state index in [2.05, 4.69) is 31.2 Å². The Morgan fingerprint density at radius 1 is 0.929 bits per heavy atom. The first-order valence-corrected chi connectivity index (χ1v) is 11.8. The smallest absolute Gasteiger partial charge is 0.200 e. The second kappa shape index (κ2) is 10.2. The molecule has 0 aliphatic heterocycles. The Labute approximate surface area is 170 Å². The van der Waals surface area contributed by atoms with Crippen molar-refractivity contribution in [2.45, 2.75) is 64.3 Å². The van der Waals surface area contributed by atoms with Crippen LogP contribution in [0.2, 0.25) is 0 Å². The van der Waals surface area contributed by atoms with Gasteiger partial charge in [-0.25, -0.2) is 4.39 Å². The number of rotatable bonds is 8. The standard InChI is InChI=1S/C24H30F2OSi/c1-3-5-17-6-10-19(11-7-17)20-12-8-18(9-13-20)16-28-22-15-14-21(27-4-2)23(25)24(22)26/h8-9,12-15,17,19H,3-7,10-11,16H2,1-2H3. The lowest BCUT2D eigenvalue weighted by Gasteiger charge is -2.28. The van der Waals surface area contributed by atoms with Crippen LogP contribution >= 0.6 is 0 Å². The maximum absolute atomic E-state index is 14.2. The molecule has 2 aromatic carbocycles.